The number of aromatic nitrogens is 2. The predicted molar refractivity (Wildman–Crippen MR) is 83.2 cm³/mol. The Morgan fingerprint density at radius 2 is 1.78 bits per heavy atom. The normalized spacial score (nSPS) is 10.4. The maximum atomic E-state index is 11.8. The summed E-state index contributed by atoms with van der Waals surface area (Å²) < 4.78 is 15.7. The lowest BCUT2D eigenvalue weighted by molar-refractivity contribution is 0.0949. The molecule has 0 saturated heterocycles. The van der Waals surface area contributed by atoms with Crippen LogP contribution in [0.3, 0.4) is 0 Å². The number of amides is 1. The van der Waals surface area contributed by atoms with Gasteiger partial charge in [0.2, 0.25) is 0 Å². The van der Waals surface area contributed by atoms with Crippen LogP contribution in [-0.2, 0) is 0 Å². The van der Waals surface area contributed by atoms with Crippen molar-refractivity contribution in [2.24, 2.45) is 5.10 Å². The zero-order chi connectivity index (χ0) is 16.7. The van der Waals surface area contributed by atoms with E-state index in [-0.39, 0.29) is 5.69 Å². The maximum absolute atomic E-state index is 11.8. The maximum Gasteiger partial charge on any atom is 0.291 e. The lowest BCUT2D eigenvalue weighted by Gasteiger charge is -2.11. The number of carbonyl (C=O) groups is 1. The van der Waals surface area contributed by atoms with Crippen LogP contribution in [0.15, 0.2) is 35.8 Å². The number of nitrogens with zero attached hydrogens (tertiary/aromatic N) is 3. The molecular weight excluding hydrogens is 300 g/mol. The third kappa shape index (κ3) is 3.94. The second-order valence-corrected chi connectivity index (χ2v) is 4.24. The van der Waals surface area contributed by atoms with Gasteiger partial charge in [-0.15, -0.1) is 0 Å². The van der Waals surface area contributed by atoms with Gasteiger partial charge in [0.05, 0.1) is 33.7 Å². The number of hydrazone groups is 1. The summed E-state index contributed by atoms with van der Waals surface area (Å²) in [7, 11) is 4.59. The van der Waals surface area contributed by atoms with E-state index >= 15 is 0 Å². The molecule has 2 aromatic rings. The van der Waals surface area contributed by atoms with Gasteiger partial charge in [0.25, 0.3) is 5.91 Å². The van der Waals surface area contributed by atoms with Crippen LogP contribution in [0.4, 0.5) is 0 Å². The summed E-state index contributed by atoms with van der Waals surface area (Å²) in [5, 5.41) is 3.89. The Labute approximate surface area is 133 Å². The van der Waals surface area contributed by atoms with Crippen molar-refractivity contribution in [1.29, 1.82) is 0 Å². The summed E-state index contributed by atoms with van der Waals surface area (Å²) in [6.07, 6.45) is 5.70. The summed E-state index contributed by atoms with van der Waals surface area (Å²) in [4.78, 5) is 19.5. The highest BCUT2D eigenvalue weighted by Crippen LogP contribution is 2.33. The monoisotopic (exact) mass is 316 g/mol. The number of ether oxygens (including phenoxy) is 3. The van der Waals surface area contributed by atoms with Crippen molar-refractivity contribution in [2.45, 2.75) is 0 Å². The third-order valence-electron chi connectivity index (χ3n) is 2.90. The first-order chi connectivity index (χ1) is 11.2. The molecule has 0 fully saturated rings. The summed E-state index contributed by atoms with van der Waals surface area (Å²) in [5.41, 5.74) is 3.15. The first kappa shape index (κ1) is 16.2. The Morgan fingerprint density at radius 1 is 1.09 bits per heavy atom. The average Bonchev–Trinajstić information content (AvgIpc) is 2.61. The van der Waals surface area contributed by atoms with Crippen molar-refractivity contribution >= 4 is 12.1 Å². The van der Waals surface area contributed by atoms with Crippen molar-refractivity contribution < 1.29 is 19.0 Å². The molecule has 0 spiro atoms. The van der Waals surface area contributed by atoms with Crippen molar-refractivity contribution in [3.8, 4) is 17.2 Å². The fourth-order valence-electron chi connectivity index (χ4n) is 1.79. The minimum absolute atomic E-state index is 0.170. The quantitative estimate of drug-likeness (QED) is 0.637. The van der Waals surface area contributed by atoms with E-state index in [2.05, 4.69) is 20.5 Å². The zero-order valence-electron chi connectivity index (χ0n) is 12.9. The molecule has 1 N–H and O–H groups in total. The number of hydrogen-bond donors (Lipinski definition) is 1. The van der Waals surface area contributed by atoms with E-state index in [1.54, 1.807) is 12.1 Å². The topological polar surface area (TPSA) is 94.9 Å². The van der Waals surface area contributed by atoms with E-state index in [0.717, 1.165) is 0 Å². The highest BCUT2D eigenvalue weighted by atomic mass is 16.5. The molecule has 1 aromatic heterocycles. The van der Waals surface area contributed by atoms with Crippen molar-refractivity contribution in [2.75, 3.05) is 21.3 Å². The molecule has 120 valence electrons. The number of carbonyl (C=O) groups excluding carboxylic acids is 1. The van der Waals surface area contributed by atoms with E-state index in [9.17, 15) is 4.79 Å². The fraction of sp³-hybridized carbons (Fsp3) is 0.200. The molecular formula is C15H16N4O4. The largest absolute Gasteiger partial charge is 0.496 e. The molecule has 2 rings (SSSR count). The van der Waals surface area contributed by atoms with Gasteiger partial charge in [-0.3, -0.25) is 9.78 Å². The van der Waals surface area contributed by atoms with Crippen LogP contribution in [0.2, 0.25) is 0 Å². The van der Waals surface area contributed by atoms with Crippen LogP contribution in [0, 0.1) is 0 Å². The number of methoxy groups -OCH3 is 3. The number of rotatable bonds is 6. The summed E-state index contributed by atoms with van der Waals surface area (Å²) in [6.45, 7) is 0. The zero-order valence-corrected chi connectivity index (χ0v) is 12.9. The molecule has 0 unspecified atom stereocenters. The Balaban J connectivity index is 2.17. The van der Waals surface area contributed by atoms with Crippen LogP contribution in [0.5, 0.6) is 17.2 Å². The predicted octanol–water partition coefficient (Wildman–Crippen LogP) is 1.27. The van der Waals surface area contributed by atoms with Crippen molar-refractivity contribution in [3.63, 3.8) is 0 Å². The van der Waals surface area contributed by atoms with Crippen LogP contribution in [-0.4, -0.2) is 43.4 Å². The van der Waals surface area contributed by atoms with Gasteiger partial charge in [0, 0.05) is 24.0 Å². The summed E-state index contributed by atoms with van der Waals surface area (Å²) in [6, 6.07) is 3.36. The number of benzene rings is 1. The first-order valence-corrected chi connectivity index (χ1v) is 6.59. The Kier molecular flexibility index (Phi) is 5.45. The van der Waals surface area contributed by atoms with Crippen molar-refractivity contribution in [3.05, 3.63) is 42.0 Å². The molecule has 8 heteroatoms. The van der Waals surface area contributed by atoms with Crippen LogP contribution < -0.4 is 19.6 Å². The highest BCUT2D eigenvalue weighted by molar-refractivity contribution is 5.93. The van der Waals surface area contributed by atoms with Gasteiger partial charge in [-0.1, -0.05) is 0 Å². The molecule has 1 heterocycles. The summed E-state index contributed by atoms with van der Waals surface area (Å²) >= 11 is 0. The van der Waals surface area contributed by atoms with Crippen LogP contribution >= 0.6 is 0 Å². The lowest BCUT2D eigenvalue weighted by atomic mass is 10.2. The molecule has 0 bridgehead atoms. The van der Waals surface area contributed by atoms with E-state index < -0.39 is 5.91 Å². The van der Waals surface area contributed by atoms with Gasteiger partial charge in [-0.05, 0) is 6.07 Å². The van der Waals surface area contributed by atoms with Gasteiger partial charge in [-0.2, -0.15) is 5.10 Å². The Hall–Kier alpha value is -3.16. The fourth-order valence-corrected chi connectivity index (χ4v) is 1.79. The number of hydrogen-bond acceptors (Lipinski definition) is 7. The van der Waals surface area contributed by atoms with Crippen molar-refractivity contribution in [1.82, 2.24) is 15.4 Å². The molecule has 1 amide bonds. The van der Waals surface area contributed by atoms with Crippen LogP contribution in [0.25, 0.3) is 0 Å². The van der Waals surface area contributed by atoms with Crippen LogP contribution in [0.1, 0.15) is 16.1 Å². The third-order valence-corrected chi connectivity index (χ3v) is 2.90. The highest BCUT2D eigenvalue weighted by Gasteiger charge is 2.11. The van der Waals surface area contributed by atoms with E-state index in [1.807, 2.05) is 0 Å². The Bertz CT molecular complexity index is 704. The van der Waals surface area contributed by atoms with Gasteiger partial charge >= 0.3 is 0 Å². The minimum Gasteiger partial charge on any atom is -0.496 e. The van der Waals surface area contributed by atoms with Gasteiger partial charge in [0.1, 0.15) is 11.4 Å². The van der Waals surface area contributed by atoms with Gasteiger partial charge < -0.3 is 14.2 Å². The van der Waals surface area contributed by atoms with E-state index in [4.69, 9.17) is 14.2 Å². The second kappa shape index (κ2) is 7.74. The minimum atomic E-state index is -0.464. The average molecular weight is 316 g/mol. The molecule has 0 radical (unpaired) electrons. The number of nitrogens with one attached hydrogen (secondary N) is 1. The van der Waals surface area contributed by atoms with E-state index in [1.165, 1.54) is 46.1 Å². The SMILES string of the molecule is COc1cc(OC)c(OC)cc1/C=N/NC(=O)c1cnccn1. The lowest BCUT2D eigenvalue weighted by Crippen LogP contribution is -2.19. The molecule has 0 aliphatic rings. The first-order valence-electron chi connectivity index (χ1n) is 6.59. The molecule has 0 aliphatic heterocycles. The molecule has 0 atom stereocenters. The molecule has 8 nitrogen and oxygen atoms in total. The summed E-state index contributed by atoms with van der Waals surface area (Å²) in [5.74, 6) is 1.12. The molecule has 1 aromatic carbocycles. The van der Waals surface area contributed by atoms with Gasteiger partial charge in [0.15, 0.2) is 11.5 Å². The van der Waals surface area contributed by atoms with E-state index in [0.29, 0.717) is 22.8 Å². The standard InChI is InChI=1S/C15H16N4O4/c1-21-12-7-14(23-3)13(22-2)6-10(12)8-18-19-15(20)11-9-16-4-5-17-11/h4-9H,1-3H3,(H,19,20)/b18-8+. The smallest absolute Gasteiger partial charge is 0.291 e. The molecule has 23 heavy (non-hydrogen) atoms. The molecule has 0 aliphatic carbocycles. The molecule has 0 saturated carbocycles. The Morgan fingerprint density at radius 3 is 2.39 bits per heavy atom. The second-order valence-electron chi connectivity index (χ2n) is 4.24. The van der Waals surface area contributed by atoms with Gasteiger partial charge in [-0.25, -0.2) is 10.4 Å².